The van der Waals surface area contributed by atoms with E-state index in [0.717, 1.165) is 19.7 Å². The van der Waals surface area contributed by atoms with Gasteiger partial charge in [-0.25, -0.2) is 0 Å². The number of ether oxygens (including phenoxy) is 1. The Bertz CT molecular complexity index is 649. The summed E-state index contributed by atoms with van der Waals surface area (Å²) in [4.78, 5) is 0. The van der Waals surface area contributed by atoms with Crippen LogP contribution in [-0.4, -0.2) is 26.8 Å². The fourth-order valence-electron chi connectivity index (χ4n) is 4.28. The molecule has 1 saturated heterocycles. The van der Waals surface area contributed by atoms with Gasteiger partial charge in [-0.15, -0.1) is 0 Å². The van der Waals surface area contributed by atoms with Gasteiger partial charge in [0.2, 0.25) is 0 Å². The van der Waals surface area contributed by atoms with Gasteiger partial charge in [0.15, 0.2) is 0 Å². The van der Waals surface area contributed by atoms with Crippen molar-refractivity contribution < 1.29 is 4.74 Å². The Morgan fingerprint density at radius 1 is 1.15 bits per heavy atom. The van der Waals surface area contributed by atoms with E-state index in [2.05, 4.69) is 47.8 Å². The summed E-state index contributed by atoms with van der Waals surface area (Å²) in [6.07, 6.45) is 2.49. The predicted octanol–water partition coefficient (Wildman–Crippen LogP) is 3.11. The minimum Gasteiger partial charge on any atom is -0.384 e. The first-order valence-corrected chi connectivity index (χ1v) is 7.49. The van der Waals surface area contributed by atoms with Gasteiger partial charge in [0, 0.05) is 24.5 Å². The number of fused-ring (bicyclic) bond motifs is 2. The maximum Gasteiger partial charge on any atom is 0.0528 e. The van der Waals surface area contributed by atoms with Crippen LogP contribution in [0.1, 0.15) is 18.4 Å². The van der Waals surface area contributed by atoms with Crippen molar-refractivity contribution >= 4 is 10.8 Å². The fourth-order valence-corrected chi connectivity index (χ4v) is 4.28. The van der Waals surface area contributed by atoms with Crippen LogP contribution in [0.4, 0.5) is 0 Å². The molecule has 1 saturated carbocycles. The van der Waals surface area contributed by atoms with Gasteiger partial charge in [0.05, 0.1) is 6.61 Å². The van der Waals surface area contributed by atoms with Crippen LogP contribution in [0.25, 0.3) is 10.8 Å². The average Bonchev–Trinajstić information content (AvgIpc) is 3.17. The SMILES string of the molecule is COCC12CCNCC1(c1ccc3ccccc3c1)C2. The second-order valence-corrected chi connectivity index (χ2v) is 6.46. The van der Waals surface area contributed by atoms with Crippen LogP contribution < -0.4 is 5.32 Å². The van der Waals surface area contributed by atoms with Crippen LogP contribution in [0.3, 0.4) is 0 Å². The molecule has 20 heavy (non-hydrogen) atoms. The van der Waals surface area contributed by atoms with Gasteiger partial charge < -0.3 is 10.1 Å². The zero-order chi connectivity index (χ0) is 13.6. The minimum absolute atomic E-state index is 0.297. The first-order chi connectivity index (χ1) is 9.80. The van der Waals surface area contributed by atoms with Gasteiger partial charge in [-0.1, -0.05) is 42.5 Å². The number of methoxy groups -OCH3 is 1. The van der Waals surface area contributed by atoms with E-state index >= 15 is 0 Å². The Hall–Kier alpha value is -1.38. The summed E-state index contributed by atoms with van der Waals surface area (Å²) in [5.41, 5.74) is 2.15. The highest BCUT2D eigenvalue weighted by molar-refractivity contribution is 5.83. The Kier molecular flexibility index (Phi) is 2.66. The van der Waals surface area contributed by atoms with Crippen LogP contribution in [-0.2, 0) is 10.2 Å². The molecule has 0 bridgehead atoms. The molecular formula is C18H21NO. The van der Waals surface area contributed by atoms with E-state index < -0.39 is 0 Å². The number of rotatable bonds is 3. The van der Waals surface area contributed by atoms with E-state index in [1.165, 1.54) is 29.2 Å². The molecule has 0 radical (unpaired) electrons. The number of hydrogen-bond donors (Lipinski definition) is 1. The van der Waals surface area contributed by atoms with Crippen LogP contribution >= 0.6 is 0 Å². The molecule has 2 fully saturated rings. The third kappa shape index (κ3) is 1.58. The first kappa shape index (κ1) is 12.4. The van der Waals surface area contributed by atoms with E-state index in [1.807, 2.05) is 7.11 Å². The van der Waals surface area contributed by atoms with Crippen molar-refractivity contribution in [1.29, 1.82) is 0 Å². The molecule has 1 N–H and O–H groups in total. The zero-order valence-electron chi connectivity index (χ0n) is 12.0. The second-order valence-electron chi connectivity index (χ2n) is 6.46. The predicted molar refractivity (Wildman–Crippen MR) is 82.0 cm³/mol. The molecule has 0 aromatic heterocycles. The zero-order valence-corrected chi connectivity index (χ0v) is 12.0. The van der Waals surface area contributed by atoms with Crippen molar-refractivity contribution in [1.82, 2.24) is 5.32 Å². The summed E-state index contributed by atoms with van der Waals surface area (Å²) in [6, 6.07) is 15.6. The molecule has 2 unspecified atom stereocenters. The van der Waals surface area contributed by atoms with Crippen LogP contribution in [0.2, 0.25) is 0 Å². The lowest BCUT2D eigenvalue weighted by Crippen LogP contribution is -2.40. The summed E-state index contributed by atoms with van der Waals surface area (Å²) in [6.45, 7) is 3.11. The Morgan fingerprint density at radius 3 is 2.85 bits per heavy atom. The van der Waals surface area contributed by atoms with E-state index in [-0.39, 0.29) is 0 Å². The highest BCUT2D eigenvalue weighted by Crippen LogP contribution is 2.67. The van der Waals surface area contributed by atoms with Gasteiger partial charge >= 0.3 is 0 Å². The molecule has 2 aromatic rings. The molecule has 0 amide bonds. The maximum atomic E-state index is 5.53. The fraction of sp³-hybridized carbons (Fsp3) is 0.444. The molecule has 2 aromatic carbocycles. The number of hydrogen-bond acceptors (Lipinski definition) is 2. The van der Waals surface area contributed by atoms with E-state index in [1.54, 1.807) is 0 Å². The smallest absolute Gasteiger partial charge is 0.0528 e. The average molecular weight is 267 g/mol. The highest BCUT2D eigenvalue weighted by atomic mass is 16.5. The summed E-state index contributed by atoms with van der Waals surface area (Å²) >= 11 is 0. The third-order valence-electron chi connectivity index (χ3n) is 5.46. The van der Waals surface area contributed by atoms with Gasteiger partial charge in [0.25, 0.3) is 0 Å². The van der Waals surface area contributed by atoms with Gasteiger partial charge in [0.1, 0.15) is 0 Å². The molecule has 2 atom stereocenters. The Balaban J connectivity index is 1.78. The van der Waals surface area contributed by atoms with Gasteiger partial charge in [-0.3, -0.25) is 0 Å². The van der Waals surface area contributed by atoms with E-state index in [4.69, 9.17) is 4.74 Å². The van der Waals surface area contributed by atoms with Crippen molar-refractivity contribution in [2.75, 3.05) is 26.8 Å². The highest BCUT2D eigenvalue weighted by Gasteiger charge is 2.68. The van der Waals surface area contributed by atoms with Crippen molar-refractivity contribution in [3.8, 4) is 0 Å². The normalized spacial score (nSPS) is 32.0. The van der Waals surface area contributed by atoms with Crippen molar-refractivity contribution in [3.05, 3.63) is 48.0 Å². The quantitative estimate of drug-likeness (QED) is 0.922. The van der Waals surface area contributed by atoms with E-state index in [9.17, 15) is 0 Å². The largest absolute Gasteiger partial charge is 0.384 e. The lowest BCUT2D eigenvalue weighted by Gasteiger charge is -2.31. The summed E-state index contributed by atoms with van der Waals surface area (Å²) in [5, 5.41) is 6.27. The van der Waals surface area contributed by atoms with Crippen LogP contribution in [0.5, 0.6) is 0 Å². The number of piperidine rings is 1. The topological polar surface area (TPSA) is 21.3 Å². The number of benzene rings is 2. The molecule has 1 aliphatic heterocycles. The van der Waals surface area contributed by atoms with Gasteiger partial charge in [-0.2, -0.15) is 0 Å². The molecule has 104 valence electrons. The Labute approximate surface area is 120 Å². The molecule has 2 aliphatic rings. The molecule has 2 nitrogen and oxygen atoms in total. The summed E-state index contributed by atoms with van der Waals surface area (Å²) in [5.74, 6) is 0. The van der Waals surface area contributed by atoms with Gasteiger partial charge in [-0.05, 0) is 35.7 Å². The standard InChI is InChI=1S/C18H21NO/c1-20-13-17-8-9-19-12-18(17,11-17)16-7-6-14-4-2-3-5-15(14)10-16/h2-7,10,19H,8-9,11-13H2,1H3. The van der Waals surface area contributed by atoms with Crippen molar-refractivity contribution in [3.63, 3.8) is 0 Å². The minimum atomic E-state index is 0.297. The maximum absolute atomic E-state index is 5.53. The first-order valence-electron chi connectivity index (χ1n) is 7.49. The molecule has 1 aliphatic carbocycles. The van der Waals surface area contributed by atoms with Crippen LogP contribution in [0.15, 0.2) is 42.5 Å². The number of nitrogens with one attached hydrogen (secondary N) is 1. The monoisotopic (exact) mass is 267 g/mol. The van der Waals surface area contributed by atoms with Crippen LogP contribution in [0, 0.1) is 5.41 Å². The molecule has 2 heteroatoms. The molecule has 4 rings (SSSR count). The summed E-state index contributed by atoms with van der Waals surface area (Å²) in [7, 11) is 1.83. The van der Waals surface area contributed by atoms with Crippen molar-refractivity contribution in [2.24, 2.45) is 5.41 Å². The summed E-state index contributed by atoms with van der Waals surface area (Å²) < 4.78 is 5.53. The third-order valence-corrected chi connectivity index (χ3v) is 5.46. The molecular weight excluding hydrogens is 246 g/mol. The molecule has 1 heterocycles. The Morgan fingerprint density at radius 2 is 2.00 bits per heavy atom. The second kappa shape index (κ2) is 4.31. The van der Waals surface area contributed by atoms with Crippen molar-refractivity contribution in [2.45, 2.75) is 18.3 Å². The lowest BCUT2D eigenvalue weighted by molar-refractivity contribution is 0.112. The lowest BCUT2D eigenvalue weighted by atomic mass is 9.81. The molecule has 0 spiro atoms. The van der Waals surface area contributed by atoms with E-state index in [0.29, 0.717) is 10.8 Å².